The molecule has 0 radical (unpaired) electrons. The van der Waals surface area contributed by atoms with Crippen LogP contribution in [0.25, 0.3) is 20.4 Å². The first-order valence-electron chi connectivity index (χ1n) is 9.46. The molecule has 144 valence electrons. The van der Waals surface area contributed by atoms with E-state index in [0.717, 1.165) is 44.8 Å². The van der Waals surface area contributed by atoms with Gasteiger partial charge in [0.1, 0.15) is 17.0 Å². The summed E-state index contributed by atoms with van der Waals surface area (Å²) in [6.45, 7) is 9.85. The van der Waals surface area contributed by atoms with Crippen molar-refractivity contribution in [2.45, 2.75) is 52.7 Å². The number of anilines is 1. The normalized spacial score (nSPS) is 16.2. The minimum Gasteiger partial charge on any atom is -0.395 e. The predicted octanol–water partition coefficient (Wildman–Crippen LogP) is 3.69. The van der Waals surface area contributed by atoms with Gasteiger partial charge < -0.3 is 15.2 Å². The van der Waals surface area contributed by atoms with Gasteiger partial charge in [-0.3, -0.25) is 0 Å². The first-order valence-corrected chi connectivity index (χ1v) is 10.3. The van der Waals surface area contributed by atoms with E-state index in [1.54, 1.807) is 17.7 Å². The van der Waals surface area contributed by atoms with E-state index >= 15 is 0 Å². The number of aromatic nitrogens is 3. The SMILES string of the molecule is CC(C)Cc1nc2sc3c(NCCO)ncnc3c2c2c1COC(C)(C)C2. The minimum absolute atomic E-state index is 0.0636. The van der Waals surface area contributed by atoms with Gasteiger partial charge >= 0.3 is 0 Å². The molecule has 27 heavy (non-hydrogen) atoms. The molecular weight excluding hydrogens is 360 g/mol. The third-order valence-corrected chi connectivity index (χ3v) is 6.00. The number of aliphatic hydroxyl groups excluding tert-OH is 1. The molecule has 0 amide bonds. The molecular formula is C20H26N4O2S. The molecule has 4 heterocycles. The highest BCUT2D eigenvalue weighted by Gasteiger charge is 2.31. The molecule has 7 heteroatoms. The number of hydrogen-bond acceptors (Lipinski definition) is 7. The maximum atomic E-state index is 9.15. The fraction of sp³-hybridized carbons (Fsp3) is 0.550. The van der Waals surface area contributed by atoms with Crippen molar-refractivity contribution >= 4 is 37.6 Å². The van der Waals surface area contributed by atoms with Gasteiger partial charge in [0.15, 0.2) is 0 Å². The second kappa shape index (κ2) is 6.96. The Bertz CT molecular complexity index is 997. The Hall–Kier alpha value is -1.83. The molecule has 0 atom stereocenters. The summed E-state index contributed by atoms with van der Waals surface area (Å²) in [4.78, 5) is 15.0. The van der Waals surface area contributed by atoms with Crippen LogP contribution < -0.4 is 5.32 Å². The number of thiophene rings is 1. The van der Waals surface area contributed by atoms with Crippen LogP contribution in [0.15, 0.2) is 6.33 Å². The lowest BCUT2D eigenvalue weighted by Gasteiger charge is -2.33. The first-order chi connectivity index (χ1) is 12.9. The fourth-order valence-corrected chi connectivity index (χ4v) is 4.87. The van der Waals surface area contributed by atoms with Gasteiger partial charge in [-0.15, -0.1) is 11.3 Å². The highest BCUT2D eigenvalue weighted by Crippen LogP contribution is 2.42. The number of pyridine rings is 1. The Morgan fingerprint density at radius 1 is 1.30 bits per heavy atom. The zero-order valence-electron chi connectivity index (χ0n) is 16.3. The van der Waals surface area contributed by atoms with Crippen molar-refractivity contribution in [3.8, 4) is 0 Å². The third-order valence-electron chi connectivity index (χ3n) is 4.92. The lowest BCUT2D eigenvalue weighted by molar-refractivity contribution is -0.0402. The summed E-state index contributed by atoms with van der Waals surface area (Å²) in [7, 11) is 0. The topological polar surface area (TPSA) is 80.2 Å². The van der Waals surface area contributed by atoms with E-state index in [2.05, 4.69) is 43.0 Å². The van der Waals surface area contributed by atoms with Crippen molar-refractivity contribution in [2.75, 3.05) is 18.5 Å². The molecule has 6 nitrogen and oxygen atoms in total. The second-order valence-corrected chi connectivity index (χ2v) is 9.17. The van der Waals surface area contributed by atoms with Crippen molar-refractivity contribution in [3.05, 3.63) is 23.1 Å². The number of aliphatic hydroxyl groups is 1. The van der Waals surface area contributed by atoms with Crippen LogP contribution in [0.2, 0.25) is 0 Å². The molecule has 1 aliphatic rings. The largest absolute Gasteiger partial charge is 0.395 e. The number of rotatable bonds is 5. The molecule has 3 aromatic rings. The number of ether oxygens (including phenoxy) is 1. The maximum Gasteiger partial charge on any atom is 0.147 e. The molecule has 0 saturated heterocycles. The van der Waals surface area contributed by atoms with Gasteiger partial charge in [-0.05, 0) is 31.7 Å². The van der Waals surface area contributed by atoms with Crippen LogP contribution >= 0.6 is 11.3 Å². The van der Waals surface area contributed by atoms with Gasteiger partial charge in [0.25, 0.3) is 0 Å². The zero-order chi connectivity index (χ0) is 19.2. The summed E-state index contributed by atoms with van der Waals surface area (Å²) in [6.07, 6.45) is 3.38. The van der Waals surface area contributed by atoms with Gasteiger partial charge in [-0.25, -0.2) is 15.0 Å². The Labute approximate surface area is 163 Å². The van der Waals surface area contributed by atoms with Crippen LogP contribution in [0.3, 0.4) is 0 Å². The van der Waals surface area contributed by atoms with Crippen LogP contribution in [0.4, 0.5) is 5.82 Å². The average Bonchev–Trinajstić information content (AvgIpc) is 2.97. The Morgan fingerprint density at radius 2 is 2.11 bits per heavy atom. The average molecular weight is 387 g/mol. The Morgan fingerprint density at radius 3 is 2.85 bits per heavy atom. The number of hydrogen-bond donors (Lipinski definition) is 2. The standard InChI is InChI=1S/C20H26N4O2S/c1-11(2)7-14-13-9-26-20(3,4)8-12(13)15-16-17(27-19(15)24-14)18(21-5-6-25)23-10-22-16/h10-11,25H,5-9H2,1-4H3,(H,21,22,23). The summed E-state index contributed by atoms with van der Waals surface area (Å²) in [5, 5.41) is 13.5. The summed E-state index contributed by atoms with van der Waals surface area (Å²) < 4.78 is 7.12. The lowest BCUT2D eigenvalue weighted by atomic mass is 9.88. The predicted molar refractivity (Wildman–Crippen MR) is 109 cm³/mol. The van der Waals surface area contributed by atoms with Crippen LogP contribution in [0.1, 0.15) is 44.5 Å². The van der Waals surface area contributed by atoms with Crippen LogP contribution in [0.5, 0.6) is 0 Å². The molecule has 0 bridgehead atoms. The summed E-state index contributed by atoms with van der Waals surface area (Å²) in [6, 6.07) is 0. The van der Waals surface area contributed by atoms with E-state index in [0.29, 0.717) is 19.1 Å². The molecule has 0 saturated carbocycles. The van der Waals surface area contributed by atoms with E-state index in [4.69, 9.17) is 14.8 Å². The molecule has 0 unspecified atom stereocenters. The van der Waals surface area contributed by atoms with E-state index < -0.39 is 0 Å². The molecule has 0 spiro atoms. The quantitative estimate of drug-likeness (QED) is 0.696. The summed E-state index contributed by atoms with van der Waals surface area (Å²) in [5.74, 6) is 1.30. The van der Waals surface area contributed by atoms with E-state index in [-0.39, 0.29) is 12.2 Å². The van der Waals surface area contributed by atoms with Crippen molar-refractivity contribution in [3.63, 3.8) is 0 Å². The molecule has 0 aliphatic carbocycles. The molecule has 0 fully saturated rings. The number of nitrogens with zero attached hydrogens (tertiary/aromatic N) is 3. The highest BCUT2D eigenvalue weighted by molar-refractivity contribution is 7.26. The van der Waals surface area contributed by atoms with Crippen molar-refractivity contribution in [1.82, 2.24) is 15.0 Å². The van der Waals surface area contributed by atoms with Gasteiger partial charge in [-0.2, -0.15) is 0 Å². The molecule has 0 aromatic carbocycles. The molecule has 3 aromatic heterocycles. The zero-order valence-corrected chi connectivity index (χ0v) is 17.1. The second-order valence-electron chi connectivity index (χ2n) is 8.17. The summed E-state index contributed by atoms with van der Waals surface area (Å²) in [5.41, 5.74) is 4.45. The lowest BCUT2D eigenvalue weighted by Crippen LogP contribution is -2.33. The fourth-order valence-electron chi connectivity index (χ4n) is 3.73. The minimum atomic E-state index is -0.199. The monoisotopic (exact) mass is 386 g/mol. The number of fused-ring (bicyclic) bond motifs is 5. The van der Waals surface area contributed by atoms with E-state index in [1.165, 1.54) is 11.1 Å². The van der Waals surface area contributed by atoms with Gasteiger partial charge in [0, 0.05) is 29.6 Å². The van der Waals surface area contributed by atoms with Gasteiger partial charge in [0.2, 0.25) is 0 Å². The number of nitrogens with one attached hydrogen (secondary N) is 1. The Kier molecular flexibility index (Phi) is 4.78. The van der Waals surface area contributed by atoms with Gasteiger partial charge in [0.05, 0.1) is 29.0 Å². The third kappa shape index (κ3) is 3.39. The van der Waals surface area contributed by atoms with Crippen molar-refractivity contribution in [2.24, 2.45) is 5.92 Å². The van der Waals surface area contributed by atoms with Crippen LogP contribution in [-0.4, -0.2) is 38.8 Å². The van der Waals surface area contributed by atoms with E-state index in [9.17, 15) is 0 Å². The Balaban J connectivity index is 1.99. The smallest absolute Gasteiger partial charge is 0.147 e. The van der Waals surface area contributed by atoms with Crippen LogP contribution in [0, 0.1) is 5.92 Å². The van der Waals surface area contributed by atoms with Crippen molar-refractivity contribution in [1.29, 1.82) is 0 Å². The van der Waals surface area contributed by atoms with E-state index in [1.807, 2.05) is 0 Å². The molecule has 1 aliphatic heterocycles. The molecule has 4 rings (SSSR count). The van der Waals surface area contributed by atoms with Gasteiger partial charge in [-0.1, -0.05) is 13.8 Å². The first kappa shape index (κ1) is 18.5. The molecule has 2 N–H and O–H groups in total. The van der Waals surface area contributed by atoms with Crippen LogP contribution in [-0.2, 0) is 24.2 Å². The highest BCUT2D eigenvalue weighted by atomic mass is 32.1. The van der Waals surface area contributed by atoms with Crippen molar-refractivity contribution < 1.29 is 9.84 Å². The maximum absolute atomic E-state index is 9.15. The summed E-state index contributed by atoms with van der Waals surface area (Å²) >= 11 is 1.63.